The maximum Gasteiger partial charge on any atom is 0.326 e. The number of carboxylic acids is 2. The van der Waals surface area contributed by atoms with Crippen molar-refractivity contribution in [3.63, 3.8) is 0 Å². The Labute approximate surface area is 389 Å². The molecule has 0 bridgehead atoms. The van der Waals surface area contributed by atoms with Crippen molar-refractivity contribution < 1.29 is 58.1 Å². The molecule has 1 aromatic carbocycles. The molecule has 1 saturated heterocycles. The summed E-state index contributed by atoms with van der Waals surface area (Å²) in [4.78, 5) is 123. The summed E-state index contributed by atoms with van der Waals surface area (Å²) in [6, 6.07) is 1.06. The molecule has 22 heteroatoms. The molecular weight excluding hydrogens is 873 g/mol. The van der Waals surface area contributed by atoms with E-state index in [1.165, 1.54) is 33.9 Å². The predicted molar refractivity (Wildman–Crippen MR) is 246 cm³/mol. The molecule has 1 aliphatic rings. The number of nitrogens with two attached hydrogens (primary N) is 2. The molecule has 9 atom stereocenters. The first-order valence-electron chi connectivity index (χ1n) is 21.7. The second-order valence-electron chi connectivity index (χ2n) is 16.4. The Kier molecular flexibility index (Phi) is 22.9. The summed E-state index contributed by atoms with van der Waals surface area (Å²) < 4.78 is 5.77. The quantitative estimate of drug-likeness (QED) is 0.0386. The Bertz CT molecular complexity index is 2060. The second-order valence-corrected chi connectivity index (χ2v) is 16.4. The van der Waals surface area contributed by atoms with Crippen molar-refractivity contribution in [1.29, 1.82) is 0 Å². The van der Waals surface area contributed by atoms with Crippen molar-refractivity contribution in [3.8, 4) is 0 Å². The number of rotatable bonds is 13. The molecular formula is C45H66N10O12. The van der Waals surface area contributed by atoms with Crippen LogP contribution in [0.15, 0.2) is 71.4 Å². The first-order valence-corrected chi connectivity index (χ1v) is 21.7. The van der Waals surface area contributed by atoms with Gasteiger partial charge in [0.05, 0.1) is 24.5 Å². The number of allylic oxidation sites excluding steroid dienone is 2. The summed E-state index contributed by atoms with van der Waals surface area (Å²) in [6.45, 7) is 11.4. The number of carboxylic acid groups (broad SMARTS) is 2. The van der Waals surface area contributed by atoms with Crippen LogP contribution in [0.2, 0.25) is 0 Å². The molecule has 67 heavy (non-hydrogen) atoms. The fourth-order valence-electron chi connectivity index (χ4n) is 6.69. The number of ether oxygens (including phenoxy) is 1. The van der Waals surface area contributed by atoms with E-state index in [0.29, 0.717) is 6.42 Å². The summed E-state index contributed by atoms with van der Waals surface area (Å²) in [7, 11) is 2.81. The van der Waals surface area contributed by atoms with Crippen molar-refractivity contribution in [1.82, 2.24) is 36.8 Å². The molecule has 1 aliphatic heterocycles. The number of aliphatic carboxylic acids is 2. The maximum atomic E-state index is 13.7. The molecule has 2 rings (SSSR count). The van der Waals surface area contributed by atoms with Gasteiger partial charge in [-0.2, -0.15) is 0 Å². The number of nitrogens with zero attached hydrogens (tertiary/aromatic N) is 2. The lowest BCUT2D eigenvalue weighted by Gasteiger charge is -2.26. The van der Waals surface area contributed by atoms with Gasteiger partial charge in [-0.15, -0.1) is 0 Å². The van der Waals surface area contributed by atoms with E-state index in [4.69, 9.17) is 16.2 Å². The van der Waals surface area contributed by atoms with Gasteiger partial charge < -0.3 is 63.2 Å². The van der Waals surface area contributed by atoms with E-state index in [0.717, 1.165) is 16.0 Å². The predicted octanol–water partition coefficient (Wildman–Crippen LogP) is -0.654. The highest BCUT2D eigenvalue weighted by atomic mass is 16.5. The largest absolute Gasteiger partial charge is 0.480 e. The molecule has 0 aromatic heterocycles. The summed E-state index contributed by atoms with van der Waals surface area (Å²) >= 11 is 0. The van der Waals surface area contributed by atoms with Gasteiger partial charge in [-0.3, -0.25) is 38.6 Å². The minimum atomic E-state index is -1.85. The van der Waals surface area contributed by atoms with Crippen LogP contribution in [0.1, 0.15) is 72.3 Å². The topological polar surface area (TPSA) is 343 Å². The fourth-order valence-corrected chi connectivity index (χ4v) is 6.69. The number of carbonyl (C=O) groups excluding carboxylic acids is 7. The average molecular weight is 939 g/mol. The molecule has 1 heterocycles. The molecule has 368 valence electrons. The lowest BCUT2D eigenvalue weighted by molar-refractivity contribution is -0.144. The zero-order valence-corrected chi connectivity index (χ0v) is 39.0. The van der Waals surface area contributed by atoms with Gasteiger partial charge in [-0.05, 0) is 52.0 Å². The fraction of sp³-hybridized carbons (Fsp3) is 0.511. The lowest BCUT2D eigenvalue weighted by atomic mass is 9.94. The van der Waals surface area contributed by atoms with E-state index < -0.39 is 120 Å². The number of amides is 7. The Balaban J connectivity index is 2.54. The number of guanidine groups is 1. The molecule has 22 nitrogen and oxygen atoms in total. The summed E-state index contributed by atoms with van der Waals surface area (Å²) in [5, 5.41) is 34.5. The smallest absolute Gasteiger partial charge is 0.326 e. The highest BCUT2D eigenvalue weighted by Crippen LogP contribution is 2.18. The van der Waals surface area contributed by atoms with Crippen LogP contribution in [0.5, 0.6) is 0 Å². The third-order valence-corrected chi connectivity index (χ3v) is 10.9. The van der Waals surface area contributed by atoms with E-state index >= 15 is 0 Å². The number of carbonyl (C=O) groups is 9. The molecule has 0 aliphatic carbocycles. The molecule has 0 spiro atoms. The number of methoxy groups -OCH3 is 1. The number of hydrogen-bond donors (Lipinski definition) is 10. The molecule has 1 fully saturated rings. The highest BCUT2D eigenvalue weighted by molar-refractivity contribution is 6.00. The first kappa shape index (κ1) is 56.0. The number of likely N-dealkylation sites (N-methyl/N-ethyl adjacent to an activating group) is 1. The van der Waals surface area contributed by atoms with Crippen LogP contribution < -0.4 is 43.4 Å². The van der Waals surface area contributed by atoms with Gasteiger partial charge in [0.15, 0.2) is 5.96 Å². The van der Waals surface area contributed by atoms with E-state index in [-0.39, 0.29) is 37.4 Å². The molecule has 12 N–H and O–H groups in total. The maximum absolute atomic E-state index is 13.7. The van der Waals surface area contributed by atoms with Crippen molar-refractivity contribution >= 4 is 59.2 Å². The van der Waals surface area contributed by atoms with Crippen LogP contribution in [-0.4, -0.2) is 137 Å². The average Bonchev–Trinajstić information content (AvgIpc) is 3.27. The zero-order valence-electron chi connectivity index (χ0n) is 39.0. The van der Waals surface area contributed by atoms with Crippen LogP contribution in [0.3, 0.4) is 0 Å². The minimum Gasteiger partial charge on any atom is -0.480 e. The Morgan fingerprint density at radius 1 is 0.881 bits per heavy atom. The number of hydrogen-bond acceptors (Lipinski definition) is 11. The summed E-state index contributed by atoms with van der Waals surface area (Å²) in [5.41, 5.74) is 12.1. The second kappa shape index (κ2) is 27.4. The van der Waals surface area contributed by atoms with Crippen molar-refractivity contribution in [2.24, 2.45) is 28.3 Å². The van der Waals surface area contributed by atoms with Crippen molar-refractivity contribution in [2.75, 3.05) is 20.7 Å². The van der Waals surface area contributed by atoms with Gasteiger partial charge in [0.2, 0.25) is 35.4 Å². The van der Waals surface area contributed by atoms with Crippen LogP contribution >= 0.6 is 0 Å². The molecule has 0 radical (unpaired) electrons. The number of aliphatic imine (C=N–C) groups is 1. The lowest BCUT2D eigenvalue weighted by Crippen LogP contribution is -2.56. The van der Waals surface area contributed by atoms with Gasteiger partial charge in [-0.1, -0.05) is 74.6 Å². The zero-order chi connectivity index (χ0) is 50.5. The molecule has 9 unspecified atom stereocenters. The number of nitrogens with one attached hydrogen (secondary N) is 6. The summed E-state index contributed by atoms with van der Waals surface area (Å²) in [5.74, 6) is -10.9. The highest BCUT2D eigenvalue weighted by Gasteiger charge is 2.33. The van der Waals surface area contributed by atoms with Crippen LogP contribution in [-0.2, 0) is 54.3 Å². The minimum absolute atomic E-state index is 0.0194. The number of benzene rings is 1. The Hall–Kier alpha value is -7.10. The van der Waals surface area contributed by atoms with Crippen molar-refractivity contribution in [2.45, 2.75) is 115 Å². The van der Waals surface area contributed by atoms with E-state index in [9.17, 15) is 53.4 Å². The van der Waals surface area contributed by atoms with Gasteiger partial charge in [-0.25, -0.2) is 9.59 Å². The summed E-state index contributed by atoms with van der Waals surface area (Å²) in [6.07, 6.45) is 3.77. The van der Waals surface area contributed by atoms with E-state index in [1.807, 2.05) is 43.3 Å². The normalized spacial score (nSPS) is 24.9. The van der Waals surface area contributed by atoms with Gasteiger partial charge >= 0.3 is 11.9 Å². The van der Waals surface area contributed by atoms with Gasteiger partial charge in [0, 0.05) is 33.0 Å². The van der Waals surface area contributed by atoms with Gasteiger partial charge in [0.25, 0.3) is 5.91 Å². The Morgan fingerprint density at radius 2 is 1.48 bits per heavy atom. The van der Waals surface area contributed by atoms with Gasteiger partial charge in [0.1, 0.15) is 35.9 Å². The van der Waals surface area contributed by atoms with Crippen LogP contribution in [0.4, 0.5) is 0 Å². The van der Waals surface area contributed by atoms with E-state index in [2.05, 4.69) is 43.5 Å². The molecule has 1 aromatic rings. The standard InChI is InChI=1S/C45H66N10O12/c1-24(21-25(2)35(67-8)22-30-13-10-9-11-14-30)16-17-31-26(3)38(58)53-33(43(63)64)18-19-37(57)55(7)29(6)41(61)50-28(5)40(60)52-32(15-12-20-48-45(46)47)42(62)54-34(44(65)66)23-36(56)49-27(4)39(59)51-31/h9-11,13-14,16-17,21,25-28,31-35H,6,12,15,18-20,22-23H2,1-5,7-8H3,(H,49,56)(H,50,61)(H,51,59)(H,52,60)(H,53,58)(H,54,62)(H,63,64)(H,65,66)(H4,46,47,48). The SMILES string of the molecule is C=C1C(=O)NC(C)C(=O)NC(CCCN=C(N)N)C(=O)NC(C(=O)O)CC(=O)NC(C)C(=O)NC(C=CC(C)=CC(C)C(Cc2ccccc2)OC)C(C)C(=O)NC(C(=O)O)CCC(=O)N1C. The monoisotopic (exact) mass is 938 g/mol. The van der Waals surface area contributed by atoms with Crippen LogP contribution in [0.25, 0.3) is 0 Å². The molecule has 0 saturated carbocycles. The first-order chi connectivity index (χ1) is 31.4. The van der Waals surface area contributed by atoms with Crippen LogP contribution in [0, 0.1) is 11.8 Å². The van der Waals surface area contributed by atoms with E-state index in [1.54, 1.807) is 20.1 Å². The third kappa shape index (κ3) is 19.1. The third-order valence-electron chi connectivity index (χ3n) is 10.9. The molecule has 7 amide bonds. The Morgan fingerprint density at radius 3 is 2.07 bits per heavy atom. The van der Waals surface area contributed by atoms with Crippen molar-refractivity contribution in [3.05, 3.63) is 72.0 Å².